The molecule has 0 spiro atoms. The Morgan fingerprint density at radius 1 is 1.31 bits per heavy atom. The Hall–Kier alpha value is -0.610. The second-order valence-corrected chi connectivity index (χ2v) is 5.24. The van der Waals surface area contributed by atoms with Crippen LogP contribution in [0.25, 0.3) is 0 Å². The number of aliphatic hydroxyl groups excluding tert-OH is 1. The van der Waals surface area contributed by atoms with Crippen molar-refractivity contribution in [1.82, 2.24) is 4.90 Å². The van der Waals surface area contributed by atoms with E-state index in [0.717, 1.165) is 31.8 Å². The predicted octanol–water partition coefficient (Wildman–Crippen LogP) is 0.944. The molecule has 0 radical (unpaired) electrons. The summed E-state index contributed by atoms with van der Waals surface area (Å²) in [6, 6.07) is 0. The molecule has 4 heteroatoms. The summed E-state index contributed by atoms with van der Waals surface area (Å²) in [5.41, 5.74) is 0. The Balaban J connectivity index is 1.76. The molecule has 0 unspecified atom stereocenters. The molecule has 1 aliphatic heterocycles. The van der Waals surface area contributed by atoms with E-state index >= 15 is 0 Å². The Morgan fingerprint density at radius 3 is 2.69 bits per heavy atom. The molecule has 2 aliphatic rings. The van der Waals surface area contributed by atoms with Crippen LogP contribution < -0.4 is 0 Å². The molecule has 0 aromatic carbocycles. The smallest absolute Gasteiger partial charge is 0.304 e. The van der Waals surface area contributed by atoms with Gasteiger partial charge in [-0.05, 0) is 24.7 Å². The second-order valence-electron chi connectivity index (χ2n) is 5.24. The van der Waals surface area contributed by atoms with E-state index in [9.17, 15) is 9.90 Å². The number of piperidine rings is 1. The second kappa shape index (κ2) is 5.15. The van der Waals surface area contributed by atoms with Crippen molar-refractivity contribution in [1.29, 1.82) is 0 Å². The quantitative estimate of drug-likeness (QED) is 0.734. The van der Waals surface area contributed by atoms with Crippen LogP contribution in [0.15, 0.2) is 0 Å². The highest BCUT2D eigenvalue weighted by atomic mass is 16.4. The molecule has 2 N–H and O–H groups in total. The molecule has 2 atom stereocenters. The number of aliphatic hydroxyl groups is 1. The monoisotopic (exact) mass is 227 g/mol. The molecule has 1 heterocycles. The Kier molecular flexibility index (Phi) is 3.82. The number of aliphatic carboxylic acids is 1. The maximum absolute atomic E-state index is 10.5. The fourth-order valence-corrected chi connectivity index (χ4v) is 2.57. The largest absolute Gasteiger partial charge is 0.481 e. The molecule has 92 valence electrons. The first-order valence-corrected chi connectivity index (χ1v) is 6.27. The van der Waals surface area contributed by atoms with E-state index in [-0.39, 0.29) is 12.5 Å². The Bertz CT molecular complexity index is 253. The normalized spacial score (nSPS) is 31.6. The molecule has 0 aromatic rings. The van der Waals surface area contributed by atoms with E-state index in [1.54, 1.807) is 0 Å². The van der Waals surface area contributed by atoms with Gasteiger partial charge in [0.25, 0.3) is 0 Å². The van der Waals surface area contributed by atoms with E-state index in [1.807, 2.05) is 0 Å². The summed E-state index contributed by atoms with van der Waals surface area (Å²) in [5, 5.41) is 18.5. The Morgan fingerprint density at radius 2 is 2.06 bits per heavy atom. The predicted molar refractivity (Wildman–Crippen MR) is 60.1 cm³/mol. The van der Waals surface area contributed by atoms with Crippen molar-refractivity contribution in [3.63, 3.8) is 0 Å². The number of rotatable bonds is 5. The molecule has 1 aliphatic carbocycles. The average molecular weight is 227 g/mol. The van der Waals surface area contributed by atoms with Gasteiger partial charge in [0, 0.05) is 19.6 Å². The van der Waals surface area contributed by atoms with Gasteiger partial charge in [-0.1, -0.05) is 12.8 Å². The van der Waals surface area contributed by atoms with Gasteiger partial charge in [0.15, 0.2) is 0 Å². The van der Waals surface area contributed by atoms with E-state index in [1.165, 1.54) is 12.8 Å². The lowest BCUT2D eigenvalue weighted by Gasteiger charge is -2.36. The number of likely N-dealkylation sites (tertiary alicyclic amines) is 1. The van der Waals surface area contributed by atoms with Crippen molar-refractivity contribution >= 4 is 5.97 Å². The fraction of sp³-hybridized carbons (Fsp3) is 0.917. The van der Waals surface area contributed by atoms with Gasteiger partial charge in [0.2, 0.25) is 0 Å². The molecular weight excluding hydrogens is 206 g/mol. The molecule has 0 aromatic heterocycles. The SMILES string of the molecule is O=C(O)CCN1CC[C@H](O)[C@H](CC2CC2)C1. The van der Waals surface area contributed by atoms with Crippen LogP contribution in [0.5, 0.6) is 0 Å². The van der Waals surface area contributed by atoms with Crippen LogP contribution >= 0.6 is 0 Å². The molecule has 4 nitrogen and oxygen atoms in total. The molecule has 2 rings (SSSR count). The van der Waals surface area contributed by atoms with Crippen LogP contribution in [-0.2, 0) is 4.79 Å². The molecule has 16 heavy (non-hydrogen) atoms. The minimum atomic E-state index is -0.732. The van der Waals surface area contributed by atoms with Gasteiger partial charge in [0.05, 0.1) is 12.5 Å². The molecule has 2 fully saturated rings. The van der Waals surface area contributed by atoms with Gasteiger partial charge >= 0.3 is 5.97 Å². The van der Waals surface area contributed by atoms with Crippen LogP contribution in [0.4, 0.5) is 0 Å². The van der Waals surface area contributed by atoms with Gasteiger partial charge in [-0.3, -0.25) is 4.79 Å². The molecular formula is C12H21NO3. The third kappa shape index (κ3) is 3.46. The highest BCUT2D eigenvalue weighted by Gasteiger charge is 2.33. The summed E-state index contributed by atoms with van der Waals surface area (Å²) in [4.78, 5) is 12.7. The number of carbonyl (C=O) groups is 1. The van der Waals surface area contributed by atoms with E-state index in [0.29, 0.717) is 12.5 Å². The van der Waals surface area contributed by atoms with Crippen LogP contribution in [0.2, 0.25) is 0 Å². The average Bonchev–Trinajstić information content (AvgIpc) is 3.03. The van der Waals surface area contributed by atoms with Crippen molar-refractivity contribution in [3.8, 4) is 0 Å². The van der Waals surface area contributed by atoms with Crippen LogP contribution in [-0.4, -0.2) is 46.8 Å². The summed E-state index contributed by atoms with van der Waals surface area (Å²) in [6.45, 7) is 2.35. The van der Waals surface area contributed by atoms with Crippen molar-refractivity contribution < 1.29 is 15.0 Å². The number of carboxylic acid groups (broad SMARTS) is 1. The van der Waals surface area contributed by atoms with Gasteiger partial charge in [-0.2, -0.15) is 0 Å². The van der Waals surface area contributed by atoms with Crippen molar-refractivity contribution in [2.75, 3.05) is 19.6 Å². The minimum Gasteiger partial charge on any atom is -0.481 e. The van der Waals surface area contributed by atoms with E-state index in [4.69, 9.17) is 5.11 Å². The summed E-state index contributed by atoms with van der Waals surface area (Å²) in [5.74, 6) is 0.471. The van der Waals surface area contributed by atoms with Crippen molar-refractivity contribution in [2.24, 2.45) is 11.8 Å². The minimum absolute atomic E-state index is 0.165. The lowest BCUT2D eigenvalue weighted by Crippen LogP contribution is -2.44. The van der Waals surface area contributed by atoms with Crippen molar-refractivity contribution in [3.05, 3.63) is 0 Å². The third-order valence-electron chi connectivity index (χ3n) is 3.75. The zero-order valence-electron chi connectivity index (χ0n) is 9.64. The van der Waals surface area contributed by atoms with Gasteiger partial charge < -0.3 is 15.1 Å². The number of carboxylic acids is 1. The number of hydrogen-bond acceptors (Lipinski definition) is 3. The maximum Gasteiger partial charge on any atom is 0.304 e. The van der Waals surface area contributed by atoms with Gasteiger partial charge in [-0.15, -0.1) is 0 Å². The van der Waals surface area contributed by atoms with Gasteiger partial charge in [0.1, 0.15) is 0 Å². The third-order valence-corrected chi connectivity index (χ3v) is 3.75. The first-order valence-electron chi connectivity index (χ1n) is 6.27. The molecule has 0 bridgehead atoms. The van der Waals surface area contributed by atoms with Crippen LogP contribution in [0.1, 0.15) is 32.1 Å². The number of nitrogens with zero attached hydrogens (tertiary/aromatic N) is 1. The molecule has 0 amide bonds. The first-order chi connectivity index (χ1) is 7.65. The first kappa shape index (κ1) is 11.9. The van der Waals surface area contributed by atoms with E-state index < -0.39 is 5.97 Å². The highest BCUT2D eigenvalue weighted by molar-refractivity contribution is 5.66. The standard InChI is InChI=1S/C12H21NO3/c14-11-3-5-13(6-4-12(15)16)8-10(11)7-9-1-2-9/h9-11,14H,1-8H2,(H,15,16)/t10-,11+/m1/s1. The topological polar surface area (TPSA) is 60.8 Å². The van der Waals surface area contributed by atoms with Crippen molar-refractivity contribution in [2.45, 2.75) is 38.2 Å². The maximum atomic E-state index is 10.5. The summed E-state index contributed by atoms with van der Waals surface area (Å²) in [6.07, 6.45) is 4.62. The zero-order valence-corrected chi connectivity index (χ0v) is 9.64. The van der Waals surface area contributed by atoms with Crippen LogP contribution in [0.3, 0.4) is 0 Å². The number of hydrogen-bond donors (Lipinski definition) is 2. The fourth-order valence-electron chi connectivity index (χ4n) is 2.57. The molecule has 1 saturated heterocycles. The van der Waals surface area contributed by atoms with E-state index in [2.05, 4.69) is 4.90 Å². The summed E-state index contributed by atoms with van der Waals surface area (Å²) >= 11 is 0. The summed E-state index contributed by atoms with van der Waals surface area (Å²) < 4.78 is 0. The molecule has 1 saturated carbocycles. The lowest BCUT2D eigenvalue weighted by atomic mass is 9.90. The van der Waals surface area contributed by atoms with Crippen LogP contribution in [0, 0.1) is 11.8 Å². The lowest BCUT2D eigenvalue weighted by molar-refractivity contribution is -0.137. The van der Waals surface area contributed by atoms with Gasteiger partial charge in [-0.25, -0.2) is 0 Å². The summed E-state index contributed by atoms with van der Waals surface area (Å²) in [7, 11) is 0. The zero-order chi connectivity index (χ0) is 11.5. The highest BCUT2D eigenvalue weighted by Crippen LogP contribution is 2.37. The Labute approximate surface area is 96.3 Å².